The van der Waals surface area contributed by atoms with E-state index in [-0.39, 0.29) is 44.1 Å². The van der Waals surface area contributed by atoms with E-state index in [0.29, 0.717) is 37.2 Å². The number of thiol groups is 1. The summed E-state index contributed by atoms with van der Waals surface area (Å²) in [5, 5.41) is 0. The maximum absolute atomic E-state index is 11.8. The third-order valence-corrected chi connectivity index (χ3v) is 4.48. The second kappa shape index (κ2) is 14.3. The Morgan fingerprint density at radius 3 is 1.76 bits per heavy atom. The molecule has 6 nitrogen and oxygen atoms in total. The smallest absolute Gasteiger partial charge is 0.306 e. The first kappa shape index (κ1) is 24.1. The number of hydrogen-bond donors (Lipinski definition) is 1. The van der Waals surface area contributed by atoms with Crippen LogP contribution in [0.1, 0.15) is 46.0 Å². The Kier molecular flexibility index (Phi) is 13.8. The fourth-order valence-electron chi connectivity index (χ4n) is 1.83. The predicted molar refractivity (Wildman–Crippen MR) is 102 cm³/mol. The second-order valence-corrected chi connectivity index (χ2v) is 7.23. The van der Waals surface area contributed by atoms with E-state index in [1.165, 1.54) is 0 Å². The zero-order valence-corrected chi connectivity index (χ0v) is 17.1. The monoisotopic (exact) mass is 394 g/mol. The lowest BCUT2D eigenvalue weighted by Gasteiger charge is -2.31. The van der Waals surface area contributed by atoms with Gasteiger partial charge in [0.15, 0.2) is 0 Å². The average molecular weight is 395 g/mol. The molecule has 0 heterocycles. The van der Waals surface area contributed by atoms with Gasteiger partial charge in [0.2, 0.25) is 0 Å². The summed E-state index contributed by atoms with van der Waals surface area (Å²) in [5.74, 6) is 0.0823. The maximum atomic E-state index is 11.8. The number of carbonyl (C=O) groups is 3. The number of rotatable bonds is 14. The fourth-order valence-corrected chi connectivity index (χ4v) is 2.38. The molecule has 0 aliphatic rings. The minimum Gasteiger partial charge on any atom is -0.465 e. The standard InChI is InChI=1S/C17H30O6S2/c1-4-6-14(18)21-11-17(5-2,12-22-15(19)7-9-24)13-23-16(20)8-10-25-3/h24H,4-13H2,1-3H3. The molecule has 0 aromatic heterocycles. The molecule has 0 aliphatic heterocycles. The lowest BCUT2D eigenvalue weighted by Crippen LogP contribution is -2.39. The molecule has 0 aliphatic carbocycles. The quantitative estimate of drug-likeness (QED) is 0.276. The Morgan fingerprint density at radius 1 is 0.880 bits per heavy atom. The third-order valence-electron chi connectivity index (χ3n) is 3.65. The molecule has 0 aromatic carbocycles. The largest absolute Gasteiger partial charge is 0.465 e. The highest BCUT2D eigenvalue weighted by molar-refractivity contribution is 7.98. The number of esters is 3. The van der Waals surface area contributed by atoms with Gasteiger partial charge in [-0.05, 0) is 19.1 Å². The van der Waals surface area contributed by atoms with E-state index in [0.717, 1.165) is 0 Å². The topological polar surface area (TPSA) is 78.9 Å². The molecule has 0 bridgehead atoms. The number of ether oxygens (including phenoxy) is 3. The molecule has 0 fully saturated rings. The zero-order valence-electron chi connectivity index (χ0n) is 15.4. The summed E-state index contributed by atoms with van der Waals surface area (Å²) in [7, 11) is 0. The lowest BCUT2D eigenvalue weighted by molar-refractivity contribution is -0.162. The van der Waals surface area contributed by atoms with Crippen molar-refractivity contribution in [2.75, 3.05) is 37.6 Å². The van der Waals surface area contributed by atoms with Gasteiger partial charge >= 0.3 is 17.9 Å². The minimum absolute atomic E-state index is 0.0331. The highest BCUT2D eigenvalue weighted by atomic mass is 32.2. The number of carbonyl (C=O) groups excluding carboxylic acids is 3. The summed E-state index contributed by atoms with van der Waals surface area (Å²) in [4.78, 5) is 35.1. The van der Waals surface area contributed by atoms with Gasteiger partial charge in [-0.3, -0.25) is 14.4 Å². The highest BCUT2D eigenvalue weighted by Crippen LogP contribution is 2.25. The zero-order chi connectivity index (χ0) is 19.1. The first-order chi connectivity index (χ1) is 11.9. The fraction of sp³-hybridized carbons (Fsp3) is 0.824. The van der Waals surface area contributed by atoms with Gasteiger partial charge in [0.05, 0.1) is 18.3 Å². The average Bonchev–Trinajstić information content (AvgIpc) is 2.60. The van der Waals surface area contributed by atoms with Crippen LogP contribution in [0.25, 0.3) is 0 Å². The molecule has 1 atom stereocenters. The summed E-state index contributed by atoms with van der Waals surface area (Å²) in [6.07, 6.45) is 3.99. The lowest BCUT2D eigenvalue weighted by atomic mass is 9.88. The van der Waals surface area contributed by atoms with Crippen LogP contribution < -0.4 is 0 Å². The normalized spacial score (nSPS) is 13.0. The van der Waals surface area contributed by atoms with Crippen LogP contribution in [-0.4, -0.2) is 55.5 Å². The van der Waals surface area contributed by atoms with Gasteiger partial charge in [-0.25, -0.2) is 0 Å². The minimum atomic E-state index is -0.731. The van der Waals surface area contributed by atoms with Gasteiger partial charge in [-0.1, -0.05) is 13.8 Å². The molecule has 1 unspecified atom stereocenters. The number of hydrogen-bond acceptors (Lipinski definition) is 8. The van der Waals surface area contributed by atoms with E-state index in [1.807, 2.05) is 20.1 Å². The summed E-state index contributed by atoms with van der Waals surface area (Å²) >= 11 is 5.56. The van der Waals surface area contributed by atoms with Crippen LogP contribution in [0.15, 0.2) is 0 Å². The van der Waals surface area contributed by atoms with E-state index in [4.69, 9.17) is 14.2 Å². The Morgan fingerprint density at radius 2 is 1.36 bits per heavy atom. The first-order valence-electron chi connectivity index (χ1n) is 8.49. The number of thioether (sulfide) groups is 1. The van der Waals surface area contributed by atoms with E-state index < -0.39 is 5.41 Å². The SMILES string of the molecule is CCCC(=O)OCC(CC)(COC(=O)CCS)COC(=O)CCSC. The van der Waals surface area contributed by atoms with Crippen molar-refractivity contribution in [2.24, 2.45) is 5.41 Å². The van der Waals surface area contributed by atoms with Crippen LogP contribution in [0.4, 0.5) is 0 Å². The van der Waals surface area contributed by atoms with Crippen LogP contribution in [0.2, 0.25) is 0 Å². The second-order valence-electron chi connectivity index (χ2n) is 5.80. The summed E-state index contributed by atoms with van der Waals surface area (Å²) in [6, 6.07) is 0. The molecule has 0 N–H and O–H groups in total. The summed E-state index contributed by atoms with van der Waals surface area (Å²) < 4.78 is 15.9. The molecule has 0 spiro atoms. The Balaban J connectivity index is 4.80. The molecule has 0 radical (unpaired) electrons. The van der Waals surface area contributed by atoms with Crippen molar-refractivity contribution >= 4 is 42.3 Å². The van der Waals surface area contributed by atoms with Gasteiger partial charge in [0.25, 0.3) is 0 Å². The summed E-state index contributed by atoms with van der Waals surface area (Å²) in [6.45, 7) is 3.90. The van der Waals surface area contributed by atoms with Gasteiger partial charge in [-0.2, -0.15) is 24.4 Å². The first-order valence-corrected chi connectivity index (χ1v) is 10.5. The maximum Gasteiger partial charge on any atom is 0.306 e. The van der Waals surface area contributed by atoms with Crippen molar-refractivity contribution in [1.29, 1.82) is 0 Å². The van der Waals surface area contributed by atoms with Crippen molar-refractivity contribution in [3.05, 3.63) is 0 Å². The summed E-state index contributed by atoms with van der Waals surface area (Å²) in [5.41, 5.74) is -0.731. The van der Waals surface area contributed by atoms with E-state index in [1.54, 1.807) is 11.8 Å². The Bertz CT molecular complexity index is 392. The Hall–Kier alpha value is -0.890. The molecule has 0 saturated carbocycles. The van der Waals surface area contributed by atoms with E-state index >= 15 is 0 Å². The van der Waals surface area contributed by atoms with Crippen LogP contribution in [-0.2, 0) is 28.6 Å². The van der Waals surface area contributed by atoms with Gasteiger partial charge in [-0.15, -0.1) is 0 Å². The van der Waals surface area contributed by atoms with Crippen molar-refractivity contribution in [3.8, 4) is 0 Å². The van der Waals surface area contributed by atoms with Crippen LogP contribution in [0.3, 0.4) is 0 Å². The van der Waals surface area contributed by atoms with Gasteiger partial charge in [0, 0.05) is 17.9 Å². The molecule has 0 aromatic rings. The van der Waals surface area contributed by atoms with Gasteiger partial charge in [0.1, 0.15) is 19.8 Å². The molecule has 146 valence electrons. The third kappa shape index (κ3) is 11.4. The van der Waals surface area contributed by atoms with E-state index in [2.05, 4.69) is 12.6 Å². The van der Waals surface area contributed by atoms with Crippen molar-refractivity contribution in [1.82, 2.24) is 0 Å². The van der Waals surface area contributed by atoms with Crippen LogP contribution in [0.5, 0.6) is 0 Å². The molecule has 25 heavy (non-hydrogen) atoms. The van der Waals surface area contributed by atoms with Crippen molar-refractivity contribution in [3.63, 3.8) is 0 Å². The molecule has 0 amide bonds. The molecule has 0 rings (SSSR count). The van der Waals surface area contributed by atoms with E-state index in [9.17, 15) is 14.4 Å². The van der Waals surface area contributed by atoms with Crippen molar-refractivity contribution in [2.45, 2.75) is 46.0 Å². The highest BCUT2D eigenvalue weighted by Gasteiger charge is 2.34. The molecular weight excluding hydrogens is 364 g/mol. The van der Waals surface area contributed by atoms with Crippen LogP contribution >= 0.6 is 24.4 Å². The Labute approximate surface area is 160 Å². The predicted octanol–water partition coefficient (Wildman–Crippen LogP) is 2.89. The molecule has 8 heteroatoms. The van der Waals surface area contributed by atoms with Gasteiger partial charge < -0.3 is 14.2 Å². The molecular formula is C17H30O6S2. The molecule has 0 saturated heterocycles. The van der Waals surface area contributed by atoms with Crippen molar-refractivity contribution < 1.29 is 28.6 Å². The van der Waals surface area contributed by atoms with Crippen LogP contribution in [0, 0.1) is 5.41 Å².